The zero-order valence-electron chi connectivity index (χ0n) is 25.3. The Hall–Kier alpha value is -3.68. The van der Waals surface area contributed by atoms with Crippen LogP contribution in [0.25, 0.3) is 0 Å². The van der Waals surface area contributed by atoms with E-state index in [-0.39, 0.29) is 29.1 Å². The topological polar surface area (TPSA) is 121 Å². The van der Waals surface area contributed by atoms with Crippen molar-refractivity contribution in [2.24, 2.45) is 0 Å². The Morgan fingerprint density at radius 2 is 1.91 bits per heavy atom. The fourth-order valence-corrected chi connectivity index (χ4v) is 5.93. The molecule has 2 N–H and O–H groups in total. The SMILES string of the molecule is CCc1cc(Nc2ncc(Cl)c(Nc3ccc4c(c3N(C)S(C)(=O)=O)OCCO4)n2)c(OC)cc1N1CCC(N(C)C)C1. The van der Waals surface area contributed by atoms with Gasteiger partial charge in [0.1, 0.15) is 29.7 Å². The maximum absolute atomic E-state index is 12.5. The van der Waals surface area contributed by atoms with Crippen molar-refractivity contribution in [2.75, 3.05) is 80.7 Å². The highest BCUT2D eigenvalue weighted by Gasteiger charge is 2.28. The Kier molecular flexibility index (Phi) is 8.95. The molecule has 232 valence electrons. The summed E-state index contributed by atoms with van der Waals surface area (Å²) >= 11 is 6.51. The molecule has 1 unspecified atom stereocenters. The van der Waals surface area contributed by atoms with E-state index in [0.29, 0.717) is 35.6 Å². The highest BCUT2D eigenvalue weighted by atomic mass is 35.5. The number of likely N-dealkylation sites (N-methyl/N-ethyl adjacent to an activating group) is 1. The van der Waals surface area contributed by atoms with Crippen LogP contribution in [0.1, 0.15) is 18.9 Å². The first-order valence-electron chi connectivity index (χ1n) is 14.1. The van der Waals surface area contributed by atoms with Gasteiger partial charge in [-0.15, -0.1) is 0 Å². The van der Waals surface area contributed by atoms with Gasteiger partial charge in [-0.1, -0.05) is 18.5 Å². The first-order valence-corrected chi connectivity index (χ1v) is 16.3. The predicted molar refractivity (Wildman–Crippen MR) is 171 cm³/mol. The number of rotatable bonds is 10. The first-order chi connectivity index (χ1) is 20.5. The summed E-state index contributed by atoms with van der Waals surface area (Å²) in [6.45, 7) is 4.73. The minimum atomic E-state index is -3.63. The first kappa shape index (κ1) is 30.8. The van der Waals surface area contributed by atoms with Gasteiger partial charge in [-0.25, -0.2) is 13.4 Å². The molecule has 12 nitrogen and oxygen atoms in total. The summed E-state index contributed by atoms with van der Waals surface area (Å²) in [5.41, 5.74) is 3.76. The zero-order valence-corrected chi connectivity index (χ0v) is 26.8. The number of hydrogen-bond acceptors (Lipinski definition) is 11. The maximum Gasteiger partial charge on any atom is 0.232 e. The summed E-state index contributed by atoms with van der Waals surface area (Å²) in [6, 6.07) is 8.06. The van der Waals surface area contributed by atoms with Gasteiger partial charge in [0.05, 0.1) is 30.9 Å². The molecular weight excluding hydrogens is 594 g/mol. The van der Waals surface area contributed by atoms with Gasteiger partial charge in [-0.2, -0.15) is 4.98 Å². The highest BCUT2D eigenvalue weighted by Crippen LogP contribution is 2.46. The monoisotopic (exact) mass is 631 g/mol. The molecule has 2 aliphatic heterocycles. The van der Waals surface area contributed by atoms with Crippen LogP contribution in [-0.4, -0.2) is 90.1 Å². The lowest BCUT2D eigenvalue weighted by atomic mass is 10.1. The van der Waals surface area contributed by atoms with Crippen molar-refractivity contribution in [3.8, 4) is 17.2 Å². The second-order valence-corrected chi connectivity index (χ2v) is 13.2. The Bertz CT molecular complexity index is 1600. The number of halogens is 1. The van der Waals surface area contributed by atoms with Gasteiger partial charge in [-0.05, 0) is 50.7 Å². The van der Waals surface area contributed by atoms with E-state index >= 15 is 0 Å². The minimum absolute atomic E-state index is 0.245. The third kappa shape index (κ3) is 6.48. The number of ether oxygens (including phenoxy) is 3. The average Bonchev–Trinajstić information content (AvgIpc) is 3.48. The summed E-state index contributed by atoms with van der Waals surface area (Å²) in [5.74, 6) is 1.99. The summed E-state index contributed by atoms with van der Waals surface area (Å²) < 4.78 is 43.5. The number of fused-ring (bicyclic) bond motifs is 1. The van der Waals surface area contributed by atoms with Gasteiger partial charge in [0.15, 0.2) is 17.3 Å². The van der Waals surface area contributed by atoms with Crippen LogP contribution in [0.3, 0.4) is 0 Å². The molecule has 1 saturated heterocycles. The van der Waals surface area contributed by atoms with E-state index in [0.717, 1.165) is 47.9 Å². The number of hydrogen-bond donors (Lipinski definition) is 2. The smallest absolute Gasteiger partial charge is 0.232 e. The van der Waals surface area contributed by atoms with Crippen molar-refractivity contribution in [1.82, 2.24) is 14.9 Å². The molecule has 0 spiro atoms. The molecule has 3 heterocycles. The van der Waals surface area contributed by atoms with E-state index in [1.165, 1.54) is 18.8 Å². The molecule has 0 aliphatic carbocycles. The van der Waals surface area contributed by atoms with Crippen molar-refractivity contribution < 1.29 is 22.6 Å². The molecule has 1 fully saturated rings. The molecule has 0 amide bonds. The van der Waals surface area contributed by atoms with E-state index in [9.17, 15) is 8.42 Å². The Labute approximate surface area is 258 Å². The Morgan fingerprint density at radius 3 is 2.58 bits per heavy atom. The van der Waals surface area contributed by atoms with Crippen LogP contribution in [0.15, 0.2) is 30.5 Å². The summed E-state index contributed by atoms with van der Waals surface area (Å²) in [5, 5.41) is 6.70. The van der Waals surface area contributed by atoms with Gasteiger partial charge in [0.25, 0.3) is 0 Å². The van der Waals surface area contributed by atoms with Crippen LogP contribution in [0.2, 0.25) is 5.02 Å². The van der Waals surface area contributed by atoms with Gasteiger partial charge in [0.2, 0.25) is 16.0 Å². The number of aromatic nitrogens is 2. The zero-order chi connectivity index (χ0) is 30.9. The molecule has 5 rings (SSSR count). The van der Waals surface area contributed by atoms with Crippen LogP contribution in [-0.2, 0) is 16.4 Å². The van der Waals surface area contributed by atoms with Crippen LogP contribution in [0.4, 0.5) is 34.5 Å². The molecule has 2 aromatic carbocycles. The largest absolute Gasteiger partial charge is 0.494 e. The summed E-state index contributed by atoms with van der Waals surface area (Å²) in [4.78, 5) is 13.7. The molecule has 43 heavy (non-hydrogen) atoms. The number of nitrogens with zero attached hydrogens (tertiary/aromatic N) is 5. The van der Waals surface area contributed by atoms with Crippen molar-refractivity contribution in [3.63, 3.8) is 0 Å². The molecule has 1 aromatic heterocycles. The normalized spacial score (nSPS) is 16.4. The Balaban J connectivity index is 1.46. The van der Waals surface area contributed by atoms with Crippen molar-refractivity contribution in [2.45, 2.75) is 25.8 Å². The van der Waals surface area contributed by atoms with Crippen molar-refractivity contribution >= 4 is 56.1 Å². The maximum atomic E-state index is 12.5. The van der Waals surface area contributed by atoms with E-state index in [4.69, 9.17) is 25.8 Å². The number of aryl methyl sites for hydroxylation is 1. The van der Waals surface area contributed by atoms with Gasteiger partial charge in [-0.3, -0.25) is 4.31 Å². The lowest BCUT2D eigenvalue weighted by Gasteiger charge is -2.28. The molecular formula is C29H38ClN7O5S. The fraction of sp³-hybridized carbons (Fsp3) is 0.448. The van der Waals surface area contributed by atoms with E-state index in [1.54, 1.807) is 19.2 Å². The molecule has 1 atom stereocenters. The molecule has 0 radical (unpaired) electrons. The Morgan fingerprint density at radius 1 is 1.14 bits per heavy atom. The lowest BCUT2D eigenvalue weighted by molar-refractivity contribution is 0.172. The quantitative estimate of drug-likeness (QED) is 0.329. The predicted octanol–water partition coefficient (Wildman–Crippen LogP) is 4.50. The number of methoxy groups -OCH3 is 1. The standard InChI is InChI=1S/C29H38ClN7O5S/c1-7-18-14-22(25(40-5)15-23(18)37-11-10-19(17-37)35(2)3)33-29-31-16-20(30)28(34-29)32-21-8-9-24-27(42-13-12-41-24)26(21)36(4)43(6,38)39/h8-9,14-16,19H,7,10-13,17H2,1-6H3,(H2,31,32,33,34). The van der Waals surface area contributed by atoms with Crippen LogP contribution in [0, 0.1) is 0 Å². The number of anilines is 6. The minimum Gasteiger partial charge on any atom is -0.494 e. The second kappa shape index (κ2) is 12.5. The van der Waals surface area contributed by atoms with Gasteiger partial charge < -0.3 is 34.6 Å². The third-order valence-electron chi connectivity index (χ3n) is 7.75. The van der Waals surface area contributed by atoms with Crippen molar-refractivity contribution in [3.05, 3.63) is 41.0 Å². The van der Waals surface area contributed by atoms with Gasteiger partial charge >= 0.3 is 0 Å². The van der Waals surface area contributed by atoms with E-state index < -0.39 is 10.0 Å². The molecule has 0 bridgehead atoms. The number of benzene rings is 2. The summed E-state index contributed by atoms with van der Waals surface area (Å²) in [6.07, 6.45) is 4.54. The van der Waals surface area contributed by atoms with E-state index in [1.807, 2.05) is 0 Å². The third-order valence-corrected chi connectivity index (χ3v) is 9.21. The molecule has 0 saturated carbocycles. The fourth-order valence-electron chi connectivity index (χ4n) is 5.28. The summed E-state index contributed by atoms with van der Waals surface area (Å²) in [7, 11) is 3.70. The molecule has 14 heteroatoms. The average molecular weight is 632 g/mol. The lowest BCUT2D eigenvalue weighted by Crippen LogP contribution is -2.31. The van der Waals surface area contributed by atoms with Crippen LogP contribution in [0.5, 0.6) is 17.2 Å². The van der Waals surface area contributed by atoms with Crippen LogP contribution < -0.4 is 34.0 Å². The van der Waals surface area contributed by atoms with E-state index in [2.05, 4.69) is 63.6 Å². The van der Waals surface area contributed by atoms with Gasteiger partial charge in [0, 0.05) is 37.9 Å². The number of sulfonamides is 1. The molecule has 3 aromatic rings. The second-order valence-electron chi connectivity index (χ2n) is 10.7. The molecule has 2 aliphatic rings. The highest BCUT2D eigenvalue weighted by molar-refractivity contribution is 7.92. The number of nitrogens with one attached hydrogen (secondary N) is 2. The van der Waals surface area contributed by atoms with Crippen molar-refractivity contribution in [1.29, 1.82) is 0 Å². The van der Waals surface area contributed by atoms with Crippen LogP contribution >= 0.6 is 11.6 Å².